The summed E-state index contributed by atoms with van der Waals surface area (Å²) in [5.74, 6) is 1.49. The maximum Gasteiger partial charge on any atom is 0.387 e. The van der Waals surface area contributed by atoms with Crippen LogP contribution < -0.4 is 10.3 Å². The van der Waals surface area contributed by atoms with Crippen LogP contribution in [0.5, 0.6) is 0 Å². The van der Waals surface area contributed by atoms with Crippen molar-refractivity contribution >= 4 is 30.2 Å². The predicted molar refractivity (Wildman–Crippen MR) is 170 cm³/mol. The van der Waals surface area contributed by atoms with Crippen LogP contribution in [-0.2, 0) is 0 Å². The van der Waals surface area contributed by atoms with Gasteiger partial charge in [-0.25, -0.2) is 0 Å². The Labute approximate surface area is 238 Å². The molecule has 0 aliphatic heterocycles. The van der Waals surface area contributed by atoms with Crippen LogP contribution in [0.2, 0.25) is 0 Å². The molecule has 2 aromatic carbocycles. The summed E-state index contributed by atoms with van der Waals surface area (Å²) in [6.07, 6.45) is 6.65. The Morgan fingerprint density at radius 2 is 1.26 bits per heavy atom. The fourth-order valence-corrected chi connectivity index (χ4v) is 6.36. The molecule has 0 fully saturated rings. The fraction of sp³-hybridized carbons (Fsp3) is 0.647. The Morgan fingerprint density at radius 3 is 1.72 bits per heavy atom. The van der Waals surface area contributed by atoms with E-state index in [0.29, 0.717) is 30.3 Å². The van der Waals surface area contributed by atoms with Crippen LogP contribution in [0.15, 0.2) is 32.7 Å². The Kier molecular flexibility index (Phi) is 11.2. The van der Waals surface area contributed by atoms with Crippen LogP contribution in [0.25, 0.3) is 21.9 Å². The molecule has 0 bridgehead atoms. The zero-order chi connectivity index (χ0) is 28.9. The lowest BCUT2D eigenvalue weighted by atomic mass is 9.88. The molecule has 0 saturated carbocycles. The lowest BCUT2D eigenvalue weighted by Crippen LogP contribution is -2.44. The van der Waals surface area contributed by atoms with Gasteiger partial charge in [0.15, 0.2) is 0 Å². The Hall–Kier alpha value is -1.74. The lowest BCUT2D eigenvalue weighted by Gasteiger charge is -2.25. The molecule has 0 aliphatic rings. The van der Waals surface area contributed by atoms with Gasteiger partial charge in [-0.3, -0.25) is 4.52 Å². The quantitative estimate of drug-likeness (QED) is 0.213. The summed E-state index contributed by atoms with van der Waals surface area (Å²) in [7, 11) is -1.67. The minimum Gasteiger partial charge on any atom is -0.399 e. The number of rotatable bonds is 13. The molecule has 2 unspecified atom stereocenters. The van der Waals surface area contributed by atoms with Crippen molar-refractivity contribution < 1.29 is 12.9 Å². The third kappa shape index (κ3) is 7.51. The summed E-state index contributed by atoms with van der Waals surface area (Å²) in [4.78, 5) is 0. The molecule has 1 heterocycles. The van der Waals surface area contributed by atoms with Gasteiger partial charge in [-0.1, -0.05) is 101 Å². The summed E-state index contributed by atoms with van der Waals surface area (Å²) in [6, 6.07) is 9.39. The van der Waals surface area contributed by atoms with Crippen LogP contribution in [0.4, 0.5) is 0 Å². The standard InChI is InChI=1S/C34H54NO3P/c1-11-14-15-16-25(10)27-19-29(24(8)9)33-31(20-27)30-18-26(22(4)5)17-28(23(6)7)32(30)37-39(38-33)36-21-34(35,12-2)13-3/h17-20,22-25H,11-16,21,35H2,1-10H3. The molecule has 0 saturated heterocycles. The first kappa shape index (κ1) is 31.8. The van der Waals surface area contributed by atoms with Crippen molar-refractivity contribution in [2.24, 2.45) is 5.73 Å². The molecule has 218 valence electrons. The van der Waals surface area contributed by atoms with Crippen LogP contribution in [0, 0.1) is 0 Å². The van der Waals surface area contributed by atoms with Crippen molar-refractivity contribution in [2.45, 2.75) is 137 Å². The Bertz CT molecular complexity index is 1270. The first-order valence-electron chi connectivity index (χ1n) is 15.4. The third-order valence-electron chi connectivity index (χ3n) is 8.49. The van der Waals surface area contributed by atoms with Gasteiger partial charge < -0.3 is 14.1 Å². The van der Waals surface area contributed by atoms with E-state index in [2.05, 4.69) is 93.5 Å². The lowest BCUT2D eigenvalue weighted by molar-refractivity contribution is 0.245. The molecule has 0 aliphatic carbocycles. The Morgan fingerprint density at radius 1 is 0.744 bits per heavy atom. The number of unbranched alkanes of at least 4 members (excludes halogenated alkanes) is 2. The van der Waals surface area contributed by atoms with Crippen LogP contribution in [-0.4, -0.2) is 12.1 Å². The van der Waals surface area contributed by atoms with Gasteiger partial charge in [-0.15, -0.1) is 0 Å². The number of hydrogen-bond donors (Lipinski definition) is 1. The highest BCUT2D eigenvalue weighted by molar-refractivity contribution is 7.31. The fourth-order valence-electron chi connectivity index (χ4n) is 5.15. The van der Waals surface area contributed by atoms with E-state index in [9.17, 15) is 0 Å². The molecule has 3 rings (SSSR count). The normalized spacial score (nSPS) is 13.8. The molecular formula is C34H54NO3P. The van der Waals surface area contributed by atoms with Crippen molar-refractivity contribution in [3.05, 3.63) is 46.5 Å². The molecule has 0 spiro atoms. The van der Waals surface area contributed by atoms with Gasteiger partial charge in [0.1, 0.15) is 11.2 Å². The summed E-state index contributed by atoms with van der Waals surface area (Å²) in [6.45, 7) is 22.8. The van der Waals surface area contributed by atoms with Crippen LogP contribution >= 0.6 is 8.24 Å². The highest BCUT2D eigenvalue weighted by Gasteiger charge is 2.24. The monoisotopic (exact) mass is 555 g/mol. The van der Waals surface area contributed by atoms with E-state index in [0.717, 1.165) is 34.8 Å². The van der Waals surface area contributed by atoms with Crippen molar-refractivity contribution in [1.82, 2.24) is 0 Å². The number of fused-ring (bicyclic) bond motifs is 3. The largest absolute Gasteiger partial charge is 0.399 e. The average Bonchev–Trinajstić information content (AvgIpc) is 3.06. The molecule has 3 aromatic rings. The second kappa shape index (κ2) is 13.7. The van der Waals surface area contributed by atoms with Crippen molar-refractivity contribution in [3.63, 3.8) is 0 Å². The molecule has 5 heteroatoms. The minimum atomic E-state index is -1.67. The second-order valence-electron chi connectivity index (χ2n) is 12.6. The van der Waals surface area contributed by atoms with E-state index in [1.807, 2.05) is 0 Å². The number of nitrogens with two attached hydrogens (primary N) is 1. The van der Waals surface area contributed by atoms with Gasteiger partial charge in [-0.05, 0) is 77.3 Å². The van der Waals surface area contributed by atoms with Crippen LogP contribution in [0.1, 0.15) is 154 Å². The molecular weight excluding hydrogens is 501 g/mol. The van der Waals surface area contributed by atoms with E-state index < -0.39 is 13.8 Å². The summed E-state index contributed by atoms with van der Waals surface area (Å²) in [5, 5.41) is 2.26. The van der Waals surface area contributed by atoms with E-state index in [-0.39, 0.29) is 0 Å². The second-order valence-corrected chi connectivity index (χ2v) is 13.7. The van der Waals surface area contributed by atoms with Gasteiger partial charge in [0.25, 0.3) is 0 Å². The summed E-state index contributed by atoms with van der Waals surface area (Å²) >= 11 is 0. The van der Waals surface area contributed by atoms with E-state index >= 15 is 0 Å². The van der Waals surface area contributed by atoms with Gasteiger partial charge in [0.2, 0.25) is 0 Å². The topological polar surface area (TPSA) is 61.5 Å². The van der Waals surface area contributed by atoms with E-state index in [4.69, 9.17) is 18.7 Å². The highest BCUT2D eigenvalue weighted by Crippen LogP contribution is 2.42. The third-order valence-corrected chi connectivity index (χ3v) is 9.49. The molecule has 0 radical (unpaired) electrons. The molecule has 4 nitrogen and oxygen atoms in total. The first-order valence-corrected chi connectivity index (χ1v) is 16.5. The van der Waals surface area contributed by atoms with Gasteiger partial charge >= 0.3 is 8.24 Å². The van der Waals surface area contributed by atoms with E-state index in [1.165, 1.54) is 47.9 Å². The average molecular weight is 556 g/mol. The van der Waals surface area contributed by atoms with E-state index in [1.54, 1.807) is 0 Å². The van der Waals surface area contributed by atoms with Gasteiger partial charge in [-0.2, -0.15) is 0 Å². The zero-order valence-corrected chi connectivity index (χ0v) is 27.2. The minimum absolute atomic E-state index is 0.302. The van der Waals surface area contributed by atoms with Crippen molar-refractivity contribution in [2.75, 3.05) is 6.61 Å². The summed E-state index contributed by atoms with van der Waals surface area (Å²) < 4.78 is 19.9. The maximum absolute atomic E-state index is 6.75. The molecule has 0 amide bonds. The molecule has 2 atom stereocenters. The van der Waals surface area contributed by atoms with Crippen LogP contribution in [0.3, 0.4) is 0 Å². The van der Waals surface area contributed by atoms with Crippen molar-refractivity contribution in [3.8, 4) is 0 Å². The number of benzene rings is 2. The summed E-state index contributed by atoms with van der Waals surface area (Å²) in [5.41, 5.74) is 13.2. The molecule has 2 N–H and O–H groups in total. The Balaban J connectivity index is 2.43. The van der Waals surface area contributed by atoms with Gasteiger partial charge in [0.05, 0.1) is 6.61 Å². The molecule has 1 aromatic heterocycles. The van der Waals surface area contributed by atoms with Crippen molar-refractivity contribution in [1.29, 1.82) is 0 Å². The maximum atomic E-state index is 6.75. The zero-order valence-electron chi connectivity index (χ0n) is 26.3. The predicted octanol–water partition coefficient (Wildman–Crippen LogP) is 11.3. The van der Waals surface area contributed by atoms with Gasteiger partial charge in [0, 0.05) is 16.3 Å². The molecule has 39 heavy (non-hydrogen) atoms. The first-order chi connectivity index (χ1) is 18.4. The highest BCUT2D eigenvalue weighted by atomic mass is 31.1. The SMILES string of the molecule is CCCCCC(C)c1cc(C(C)C)c2op(OCC(N)(CC)CC)oc3c(C(C)C)cc(C(C)C)cc3c2c1. The number of hydrogen-bond acceptors (Lipinski definition) is 4. The smallest absolute Gasteiger partial charge is 0.387 e.